The third kappa shape index (κ3) is 5.07. The zero-order chi connectivity index (χ0) is 27.9. The van der Waals surface area contributed by atoms with Crippen LogP contribution in [0.3, 0.4) is 0 Å². The van der Waals surface area contributed by atoms with Crippen LogP contribution >= 0.6 is 0 Å². The van der Waals surface area contributed by atoms with Gasteiger partial charge >= 0.3 is 0 Å². The summed E-state index contributed by atoms with van der Waals surface area (Å²) >= 11 is 0. The van der Waals surface area contributed by atoms with E-state index in [2.05, 4.69) is 49.8 Å². The van der Waals surface area contributed by atoms with E-state index >= 15 is 0 Å². The largest absolute Gasteiger partial charge is 0.377 e. The lowest BCUT2D eigenvalue weighted by Crippen LogP contribution is -2.43. The van der Waals surface area contributed by atoms with E-state index in [1.54, 1.807) is 23.7 Å². The van der Waals surface area contributed by atoms with Crippen LogP contribution in [0.15, 0.2) is 43.0 Å². The van der Waals surface area contributed by atoms with Crippen LogP contribution in [-0.4, -0.2) is 84.7 Å². The Morgan fingerprint density at radius 3 is 2.73 bits per heavy atom. The molecule has 208 valence electrons. The lowest BCUT2D eigenvalue weighted by Gasteiger charge is -2.31. The zero-order valence-corrected chi connectivity index (χ0v) is 22.9. The molecule has 0 radical (unpaired) electrons. The maximum absolute atomic E-state index is 13.2. The SMILES string of the molecule is Cc1ncc(C(=O)NCCN2CCCC2(C)C)cc1NC(=O)c1nnn2cc(-c3cnn(C4COC4)c3)ccc12. The molecule has 6 heterocycles. The number of likely N-dealkylation sites (tertiary alicyclic amines) is 1. The zero-order valence-electron chi connectivity index (χ0n) is 22.9. The van der Waals surface area contributed by atoms with Crippen molar-refractivity contribution >= 4 is 23.0 Å². The molecule has 0 bridgehead atoms. The van der Waals surface area contributed by atoms with E-state index in [0.717, 1.165) is 30.6 Å². The minimum Gasteiger partial charge on any atom is -0.377 e. The second-order valence-electron chi connectivity index (χ2n) is 11.1. The molecular formula is C28H33N9O3. The number of nitrogens with zero attached hydrogens (tertiary/aromatic N) is 7. The van der Waals surface area contributed by atoms with Gasteiger partial charge in [-0.3, -0.25) is 24.2 Å². The van der Waals surface area contributed by atoms with Crippen molar-refractivity contribution in [1.29, 1.82) is 0 Å². The number of hydrogen-bond acceptors (Lipinski definition) is 8. The first-order chi connectivity index (χ1) is 19.3. The van der Waals surface area contributed by atoms with E-state index in [9.17, 15) is 9.59 Å². The van der Waals surface area contributed by atoms with Crippen LogP contribution in [0.2, 0.25) is 0 Å². The quantitative estimate of drug-likeness (QED) is 0.347. The number of aromatic nitrogens is 6. The lowest BCUT2D eigenvalue weighted by atomic mass is 10.0. The molecule has 0 saturated carbocycles. The Labute approximate surface area is 231 Å². The fourth-order valence-electron chi connectivity index (χ4n) is 5.24. The van der Waals surface area contributed by atoms with Gasteiger partial charge in [-0.25, -0.2) is 4.52 Å². The molecule has 4 aromatic heterocycles. The molecule has 2 aliphatic heterocycles. The topological polar surface area (TPSA) is 132 Å². The molecule has 0 aliphatic carbocycles. The normalized spacial score (nSPS) is 17.2. The van der Waals surface area contributed by atoms with Crippen molar-refractivity contribution in [3.63, 3.8) is 0 Å². The van der Waals surface area contributed by atoms with Crippen LogP contribution < -0.4 is 10.6 Å². The van der Waals surface area contributed by atoms with E-state index in [-0.39, 0.29) is 23.2 Å². The van der Waals surface area contributed by atoms with Gasteiger partial charge in [-0.2, -0.15) is 5.10 Å². The van der Waals surface area contributed by atoms with Crippen LogP contribution in [0.5, 0.6) is 0 Å². The summed E-state index contributed by atoms with van der Waals surface area (Å²) in [7, 11) is 0. The van der Waals surface area contributed by atoms with Crippen molar-refractivity contribution in [3.8, 4) is 11.1 Å². The predicted molar refractivity (Wildman–Crippen MR) is 148 cm³/mol. The molecule has 6 rings (SSSR count). The van der Waals surface area contributed by atoms with E-state index < -0.39 is 5.91 Å². The van der Waals surface area contributed by atoms with Gasteiger partial charge in [0.05, 0.1) is 47.9 Å². The molecule has 2 amide bonds. The van der Waals surface area contributed by atoms with E-state index in [4.69, 9.17) is 4.74 Å². The first-order valence-corrected chi connectivity index (χ1v) is 13.6. The highest BCUT2D eigenvalue weighted by Gasteiger charge is 2.31. The van der Waals surface area contributed by atoms with Gasteiger partial charge in [-0.05, 0) is 52.3 Å². The van der Waals surface area contributed by atoms with Gasteiger partial charge in [-0.1, -0.05) is 11.3 Å². The standard InChI is InChI=1S/C28H33N9O3/c1-18-23(11-20(12-30-18)26(38)29-8-10-35-9-4-7-28(35,2)3)32-27(39)25-24-6-5-19(14-37(24)34-33-25)21-13-31-36(15-21)22-16-40-17-22/h5-6,11-15,22H,4,7-10,16-17H2,1-3H3,(H,29,38)(H,32,39). The Hall–Kier alpha value is -4.16. The summed E-state index contributed by atoms with van der Waals surface area (Å²) in [5, 5.41) is 18.5. The van der Waals surface area contributed by atoms with Gasteiger partial charge in [0.2, 0.25) is 0 Å². The number of carbonyl (C=O) groups is 2. The van der Waals surface area contributed by atoms with Crippen LogP contribution in [0.1, 0.15) is 59.3 Å². The van der Waals surface area contributed by atoms with Crippen molar-refractivity contribution in [2.24, 2.45) is 0 Å². The van der Waals surface area contributed by atoms with Crippen LogP contribution in [0, 0.1) is 6.92 Å². The van der Waals surface area contributed by atoms with Crippen LogP contribution in [0.4, 0.5) is 5.69 Å². The van der Waals surface area contributed by atoms with Crippen molar-refractivity contribution in [1.82, 2.24) is 39.8 Å². The van der Waals surface area contributed by atoms with Crippen molar-refractivity contribution in [2.45, 2.75) is 45.2 Å². The second-order valence-corrected chi connectivity index (χ2v) is 11.1. The molecule has 0 spiro atoms. The molecule has 12 nitrogen and oxygen atoms in total. The van der Waals surface area contributed by atoms with E-state index in [0.29, 0.717) is 42.2 Å². The number of anilines is 1. The third-order valence-electron chi connectivity index (χ3n) is 7.89. The molecule has 4 aromatic rings. The summed E-state index contributed by atoms with van der Waals surface area (Å²) in [6.45, 7) is 9.97. The smallest absolute Gasteiger partial charge is 0.278 e. The van der Waals surface area contributed by atoms with Crippen LogP contribution in [0.25, 0.3) is 16.6 Å². The minimum atomic E-state index is -0.431. The average molecular weight is 544 g/mol. The Bertz CT molecular complexity index is 1570. The summed E-state index contributed by atoms with van der Waals surface area (Å²) in [5.41, 5.74) is 4.17. The maximum atomic E-state index is 13.2. The van der Waals surface area contributed by atoms with Crippen molar-refractivity contribution in [2.75, 3.05) is 38.2 Å². The summed E-state index contributed by atoms with van der Waals surface area (Å²) in [4.78, 5) is 32.7. The molecule has 2 saturated heterocycles. The third-order valence-corrected chi connectivity index (χ3v) is 7.89. The Morgan fingerprint density at radius 1 is 1.12 bits per heavy atom. The number of aryl methyl sites for hydroxylation is 1. The molecule has 0 atom stereocenters. The number of fused-ring (bicyclic) bond motifs is 1. The Morgan fingerprint density at radius 2 is 1.98 bits per heavy atom. The fraction of sp³-hybridized carbons (Fsp3) is 0.429. The number of hydrogen-bond donors (Lipinski definition) is 2. The summed E-state index contributed by atoms with van der Waals surface area (Å²) in [6.07, 6.45) is 9.46. The predicted octanol–water partition coefficient (Wildman–Crippen LogP) is 2.72. The van der Waals surface area contributed by atoms with Gasteiger partial charge in [0.15, 0.2) is 5.69 Å². The minimum absolute atomic E-state index is 0.163. The molecule has 0 unspecified atom stereocenters. The van der Waals surface area contributed by atoms with Gasteiger partial charge in [-0.15, -0.1) is 5.10 Å². The first-order valence-electron chi connectivity index (χ1n) is 13.6. The Kier molecular flexibility index (Phi) is 6.80. The number of ether oxygens (including phenoxy) is 1. The summed E-state index contributed by atoms with van der Waals surface area (Å²) < 4.78 is 8.73. The monoisotopic (exact) mass is 543 g/mol. The number of amides is 2. The fourth-order valence-corrected chi connectivity index (χ4v) is 5.24. The van der Waals surface area contributed by atoms with Gasteiger partial charge in [0, 0.05) is 48.3 Å². The molecular weight excluding hydrogens is 510 g/mol. The lowest BCUT2D eigenvalue weighted by molar-refractivity contribution is -0.0286. The Balaban J connectivity index is 1.12. The van der Waals surface area contributed by atoms with Gasteiger partial charge in [0.1, 0.15) is 0 Å². The van der Waals surface area contributed by atoms with Gasteiger partial charge < -0.3 is 15.4 Å². The summed E-state index contributed by atoms with van der Waals surface area (Å²) in [6, 6.07) is 5.63. The highest BCUT2D eigenvalue weighted by atomic mass is 16.5. The number of rotatable bonds is 8. The van der Waals surface area contributed by atoms with Crippen molar-refractivity contribution in [3.05, 3.63) is 59.9 Å². The molecule has 40 heavy (non-hydrogen) atoms. The van der Waals surface area contributed by atoms with E-state index in [1.807, 2.05) is 29.2 Å². The first kappa shape index (κ1) is 26.1. The second kappa shape index (κ2) is 10.4. The summed E-state index contributed by atoms with van der Waals surface area (Å²) in [5.74, 6) is -0.658. The molecule has 2 N–H and O–H groups in total. The number of pyridine rings is 2. The van der Waals surface area contributed by atoms with Crippen molar-refractivity contribution < 1.29 is 14.3 Å². The van der Waals surface area contributed by atoms with Crippen LogP contribution in [-0.2, 0) is 4.74 Å². The average Bonchev–Trinajstić information content (AvgIpc) is 3.62. The molecule has 2 aliphatic rings. The highest BCUT2D eigenvalue weighted by Crippen LogP contribution is 2.27. The van der Waals surface area contributed by atoms with E-state index in [1.165, 1.54) is 12.6 Å². The van der Waals surface area contributed by atoms with Gasteiger partial charge in [0.25, 0.3) is 11.8 Å². The molecule has 2 fully saturated rings. The highest BCUT2D eigenvalue weighted by molar-refractivity contribution is 6.08. The maximum Gasteiger partial charge on any atom is 0.278 e. The number of nitrogens with one attached hydrogen (secondary N) is 2. The molecule has 0 aromatic carbocycles. The molecule has 12 heteroatoms. The number of carbonyl (C=O) groups excluding carboxylic acids is 2.